The molecular formula is C18H20N2O3S2. The van der Waals surface area contributed by atoms with E-state index in [1.54, 1.807) is 37.4 Å². The van der Waals surface area contributed by atoms with E-state index in [0.717, 1.165) is 15.8 Å². The van der Waals surface area contributed by atoms with Gasteiger partial charge in [0.25, 0.3) is 10.0 Å². The quantitative estimate of drug-likeness (QED) is 0.687. The molecule has 1 aromatic heterocycles. The van der Waals surface area contributed by atoms with Gasteiger partial charge in [-0.15, -0.1) is 4.40 Å². The normalized spacial score (nSPS) is 12.8. The number of sulfonamides is 1. The maximum atomic E-state index is 12.6. The number of hydrogen-bond donors (Lipinski definition) is 0. The molecular weight excluding hydrogens is 356 g/mol. The predicted octanol–water partition coefficient (Wildman–Crippen LogP) is 3.26. The number of benzene rings is 2. The Hall–Kier alpha value is -1.96. The molecule has 0 aliphatic heterocycles. The fraction of sp³-hybridized carbons (Fsp3) is 0.278. The molecule has 2 aromatic carbocycles. The summed E-state index contributed by atoms with van der Waals surface area (Å²) < 4.78 is 37.5. The van der Waals surface area contributed by atoms with Crippen molar-refractivity contribution < 1.29 is 13.2 Å². The van der Waals surface area contributed by atoms with Crippen molar-refractivity contribution in [3.8, 4) is 0 Å². The minimum atomic E-state index is -3.75. The summed E-state index contributed by atoms with van der Waals surface area (Å²) in [6.45, 7) is 5.12. The lowest BCUT2D eigenvalue weighted by atomic mass is 10.1. The zero-order valence-electron chi connectivity index (χ0n) is 14.4. The van der Waals surface area contributed by atoms with Crippen LogP contribution in [-0.2, 0) is 21.3 Å². The third kappa shape index (κ3) is 3.68. The number of aryl methyl sites for hydroxylation is 2. The zero-order valence-corrected chi connectivity index (χ0v) is 16.0. The van der Waals surface area contributed by atoms with Crippen molar-refractivity contribution in [3.63, 3.8) is 0 Å². The molecule has 0 atom stereocenters. The van der Waals surface area contributed by atoms with Crippen LogP contribution in [-0.4, -0.2) is 26.7 Å². The van der Waals surface area contributed by atoms with Crippen molar-refractivity contribution in [1.29, 1.82) is 0 Å². The SMILES string of the molecule is COCCn1/c(=N/S(=O)(=O)c2ccccc2)sc2cc(C)c(C)cc21. The van der Waals surface area contributed by atoms with Crippen molar-refractivity contribution in [1.82, 2.24) is 4.57 Å². The fourth-order valence-electron chi connectivity index (χ4n) is 2.54. The summed E-state index contributed by atoms with van der Waals surface area (Å²) >= 11 is 1.38. The fourth-order valence-corrected chi connectivity index (χ4v) is 4.90. The van der Waals surface area contributed by atoms with E-state index in [0.29, 0.717) is 18.0 Å². The molecule has 132 valence electrons. The Morgan fingerprint density at radius 2 is 1.80 bits per heavy atom. The maximum absolute atomic E-state index is 12.6. The minimum absolute atomic E-state index is 0.193. The summed E-state index contributed by atoms with van der Waals surface area (Å²) in [4.78, 5) is 0.652. The maximum Gasteiger partial charge on any atom is 0.285 e. The summed E-state index contributed by atoms with van der Waals surface area (Å²) in [6, 6.07) is 12.4. The molecule has 3 rings (SSSR count). The predicted molar refractivity (Wildman–Crippen MR) is 100 cm³/mol. The van der Waals surface area contributed by atoms with E-state index in [1.165, 1.54) is 16.9 Å². The number of aromatic nitrogens is 1. The first-order chi connectivity index (χ1) is 11.9. The molecule has 7 heteroatoms. The number of methoxy groups -OCH3 is 1. The molecule has 25 heavy (non-hydrogen) atoms. The highest BCUT2D eigenvalue weighted by Crippen LogP contribution is 2.22. The Labute approximate surface area is 151 Å². The van der Waals surface area contributed by atoms with Gasteiger partial charge in [0.1, 0.15) is 0 Å². The molecule has 0 aliphatic carbocycles. The Kier molecular flexibility index (Phi) is 5.08. The second-order valence-corrected chi connectivity index (χ2v) is 8.43. The first-order valence-corrected chi connectivity index (χ1v) is 10.1. The largest absolute Gasteiger partial charge is 0.383 e. The van der Waals surface area contributed by atoms with Gasteiger partial charge in [-0.3, -0.25) is 0 Å². The smallest absolute Gasteiger partial charge is 0.285 e. The van der Waals surface area contributed by atoms with Gasteiger partial charge in [0.2, 0.25) is 4.80 Å². The van der Waals surface area contributed by atoms with Crippen molar-refractivity contribution in [2.45, 2.75) is 25.3 Å². The molecule has 1 heterocycles. The molecule has 0 aliphatic rings. The highest BCUT2D eigenvalue weighted by Gasteiger charge is 2.15. The molecule has 0 fully saturated rings. The van der Waals surface area contributed by atoms with Gasteiger partial charge < -0.3 is 9.30 Å². The van der Waals surface area contributed by atoms with E-state index in [1.807, 2.05) is 18.4 Å². The van der Waals surface area contributed by atoms with Gasteiger partial charge in [0.15, 0.2) is 0 Å². The van der Waals surface area contributed by atoms with Crippen LogP contribution >= 0.6 is 11.3 Å². The Bertz CT molecular complexity index is 1060. The van der Waals surface area contributed by atoms with Gasteiger partial charge in [-0.05, 0) is 49.2 Å². The molecule has 0 spiro atoms. The summed E-state index contributed by atoms with van der Waals surface area (Å²) in [5, 5.41) is 0. The van der Waals surface area contributed by atoms with Crippen LogP contribution in [0, 0.1) is 13.8 Å². The number of thiazole rings is 1. The number of ether oxygens (including phenoxy) is 1. The first kappa shape index (κ1) is 17.8. The topological polar surface area (TPSA) is 60.7 Å². The van der Waals surface area contributed by atoms with Crippen LogP contribution in [0.5, 0.6) is 0 Å². The summed E-state index contributed by atoms with van der Waals surface area (Å²) in [6.07, 6.45) is 0. The molecule has 5 nitrogen and oxygen atoms in total. The molecule has 0 saturated carbocycles. The van der Waals surface area contributed by atoms with Crippen molar-refractivity contribution in [2.75, 3.05) is 13.7 Å². The van der Waals surface area contributed by atoms with E-state index in [-0.39, 0.29) is 4.90 Å². The van der Waals surface area contributed by atoms with Crippen molar-refractivity contribution in [3.05, 3.63) is 58.4 Å². The molecule has 0 saturated heterocycles. The van der Waals surface area contributed by atoms with E-state index in [2.05, 4.69) is 16.5 Å². The lowest BCUT2D eigenvalue weighted by Gasteiger charge is -2.06. The van der Waals surface area contributed by atoms with E-state index in [4.69, 9.17) is 4.74 Å². The van der Waals surface area contributed by atoms with Crippen LogP contribution in [0.25, 0.3) is 10.2 Å². The second kappa shape index (κ2) is 7.11. The Morgan fingerprint density at radius 1 is 1.12 bits per heavy atom. The van der Waals surface area contributed by atoms with Crippen LogP contribution in [0.15, 0.2) is 51.8 Å². The molecule has 0 unspecified atom stereocenters. The lowest BCUT2D eigenvalue weighted by Crippen LogP contribution is -2.19. The second-order valence-electron chi connectivity index (χ2n) is 5.81. The Morgan fingerprint density at radius 3 is 2.48 bits per heavy atom. The number of fused-ring (bicyclic) bond motifs is 1. The first-order valence-electron chi connectivity index (χ1n) is 7.88. The van der Waals surface area contributed by atoms with Gasteiger partial charge in [-0.2, -0.15) is 8.42 Å². The lowest BCUT2D eigenvalue weighted by molar-refractivity contribution is 0.187. The van der Waals surface area contributed by atoms with Crippen LogP contribution in [0.3, 0.4) is 0 Å². The average molecular weight is 377 g/mol. The monoisotopic (exact) mass is 376 g/mol. The molecule has 3 aromatic rings. The number of rotatable bonds is 5. The number of hydrogen-bond acceptors (Lipinski definition) is 4. The third-order valence-corrected chi connectivity index (χ3v) is 6.49. The third-order valence-electron chi connectivity index (χ3n) is 4.06. The molecule has 0 radical (unpaired) electrons. The summed E-state index contributed by atoms with van der Waals surface area (Å²) in [5.41, 5.74) is 3.31. The van der Waals surface area contributed by atoms with Crippen molar-refractivity contribution in [2.24, 2.45) is 4.40 Å². The van der Waals surface area contributed by atoms with Gasteiger partial charge >= 0.3 is 0 Å². The molecule has 0 bridgehead atoms. The standard InChI is InChI=1S/C18H20N2O3S2/c1-13-11-16-17(12-14(13)2)24-18(20(16)9-10-23-3)19-25(21,22)15-7-5-4-6-8-15/h4-8,11-12H,9-10H2,1-3H3/b19-18-. The molecule has 0 amide bonds. The molecule has 0 N–H and O–H groups in total. The van der Waals surface area contributed by atoms with E-state index in [9.17, 15) is 8.42 Å². The van der Waals surface area contributed by atoms with Gasteiger partial charge in [-0.25, -0.2) is 0 Å². The Balaban J connectivity index is 2.24. The van der Waals surface area contributed by atoms with Crippen LogP contribution in [0.2, 0.25) is 0 Å². The van der Waals surface area contributed by atoms with Crippen LogP contribution in [0.4, 0.5) is 0 Å². The summed E-state index contributed by atoms with van der Waals surface area (Å²) in [7, 11) is -2.13. The van der Waals surface area contributed by atoms with Crippen LogP contribution < -0.4 is 4.80 Å². The summed E-state index contributed by atoms with van der Waals surface area (Å²) in [5.74, 6) is 0. The van der Waals surface area contributed by atoms with E-state index < -0.39 is 10.0 Å². The highest BCUT2D eigenvalue weighted by atomic mass is 32.2. The minimum Gasteiger partial charge on any atom is -0.383 e. The highest BCUT2D eigenvalue weighted by molar-refractivity contribution is 7.90. The van der Waals surface area contributed by atoms with Crippen molar-refractivity contribution >= 4 is 31.6 Å². The van der Waals surface area contributed by atoms with Gasteiger partial charge in [-0.1, -0.05) is 29.5 Å². The average Bonchev–Trinajstić information content (AvgIpc) is 2.90. The van der Waals surface area contributed by atoms with Gasteiger partial charge in [0.05, 0.1) is 21.7 Å². The van der Waals surface area contributed by atoms with Crippen LogP contribution in [0.1, 0.15) is 11.1 Å². The van der Waals surface area contributed by atoms with Gasteiger partial charge in [0, 0.05) is 13.7 Å². The number of nitrogens with zero attached hydrogens (tertiary/aromatic N) is 2. The zero-order chi connectivity index (χ0) is 18.0. The van der Waals surface area contributed by atoms with E-state index >= 15 is 0 Å².